The van der Waals surface area contributed by atoms with Gasteiger partial charge in [-0.05, 0) is 44.2 Å². The van der Waals surface area contributed by atoms with E-state index in [1.807, 2.05) is 18.2 Å². The summed E-state index contributed by atoms with van der Waals surface area (Å²) in [6.07, 6.45) is 5.46. The summed E-state index contributed by atoms with van der Waals surface area (Å²) in [4.78, 5) is 32.3. The van der Waals surface area contributed by atoms with Crippen LogP contribution in [0.2, 0.25) is 0 Å². The Kier molecular flexibility index (Phi) is 4.70. The Morgan fingerprint density at radius 1 is 1.26 bits per heavy atom. The highest BCUT2D eigenvalue weighted by molar-refractivity contribution is 7.18. The second-order valence-electron chi connectivity index (χ2n) is 7.81. The van der Waals surface area contributed by atoms with Crippen LogP contribution in [-0.4, -0.2) is 25.1 Å². The first-order valence-corrected chi connectivity index (χ1v) is 11.0. The van der Waals surface area contributed by atoms with Gasteiger partial charge in [-0.1, -0.05) is 18.2 Å². The van der Waals surface area contributed by atoms with Crippen LogP contribution in [0.3, 0.4) is 0 Å². The third kappa shape index (κ3) is 3.07. The first kappa shape index (κ1) is 19.6. The Bertz CT molecular complexity index is 1430. The number of fused-ring (bicyclic) bond motifs is 4. The predicted molar refractivity (Wildman–Crippen MR) is 119 cm³/mol. The molecule has 0 fully saturated rings. The number of hydrogen-bond acceptors (Lipinski definition) is 6. The molecule has 5 rings (SSSR count). The van der Waals surface area contributed by atoms with Crippen LogP contribution in [0.5, 0.6) is 5.88 Å². The zero-order valence-electron chi connectivity index (χ0n) is 17.2. The van der Waals surface area contributed by atoms with E-state index in [1.165, 1.54) is 15.8 Å². The molecule has 3 aromatic heterocycles. The molecular formula is C22H21N5O3S. The SMILES string of the molecule is C[C@H](C(=O)N=Nc1c(O)n(C)c2ccccc12)n1cnc2sc3c(c2c1=O)CCCC3. The summed E-state index contributed by atoms with van der Waals surface area (Å²) in [5, 5.41) is 19.5. The fourth-order valence-electron chi connectivity index (χ4n) is 4.20. The Balaban J connectivity index is 1.50. The molecule has 0 saturated heterocycles. The number of carbonyl (C=O) groups excluding carboxylic acids is 1. The number of rotatable bonds is 3. The van der Waals surface area contributed by atoms with Gasteiger partial charge in [0.25, 0.3) is 11.5 Å². The highest BCUT2D eigenvalue weighted by atomic mass is 32.1. The maximum absolute atomic E-state index is 13.2. The van der Waals surface area contributed by atoms with E-state index < -0.39 is 11.9 Å². The van der Waals surface area contributed by atoms with Gasteiger partial charge in [0.05, 0.1) is 17.2 Å². The van der Waals surface area contributed by atoms with Crippen LogP contribution in [0.1, 0.15) is 36.2 Å². The number of nitrogens with zero attached hydrogens (tertiary/aromatic N) is 5. The van der Waals surface area contributed by atoms with Gasteiger partial charge in [0.2, 0.25) is 5.88 Å². The number of aromatic nitrogens is 3. The van der Waals surface area contributed by atoms with Gasteiger partial charge in [0.1, 0.15) is 10.9 Å². The fourth-order valence-corrected chi connectivity index (χ4v) is 5.41. The summed E-state index contributed by atoms with van der Waals surface area (Å²) in [6.45, 7) is 1.61. The third-order valence-electron chi connectivity index (χ3n) is 5.97. The lowest BCUT2D eigenvalue weighted by molar-refractivity contribution is -0.121. The van der Waals surface area contributed by atoms with Crippen molar-refractivity contribution in [1.29, 1.82) is 0 Å². The van der Waals surface area contributed by atoms with Crippen LogP contribution in [0.15, 0.2) is 45.6 Å². The molecule has 0 unspecified atom stereocenters. The van der Waals surface area contributed by atoms with E-state index >= 15 is 0 Å². The number of thiophene rings is 1. The second kappa shape index (κ2) is 7.42. The smallest absolute Gasteiger partial charge is 0.287 e. The van der Waals surface area contributed by atoms with Gasteiger partial charge >= 0.3 is 0 Å². The number of para-hydroxylation sites is 1. The van der Waals surface area contributed by atoms with Gasteiger partial charge in [-0.2, -0.15) is 0 Å². The topological polar surface area (TPSA) is 102 Å². The summed E-state index contributed by atoms with van der Waals surface area (Å²) in [7, 11) is 1.71. The Morgan fingerprint density at radius 2 is 2.03 bits per heavy atom. The minimum atomic E-state index is -0.857. The highest BCUT2D eigenvalue weighted by Gasteiger charge is 2.23. The van der Waals surface area contributed by atoms with Gasteiger partial charge in [-0.25, -0.2) is 4.98 Å². The van der Waals surface area contributed by atoms with Gasteiger partial charge in [0.15, 0.2) is 5.69 Å². The van der Waals surface area contributed by atoms with Gasteiger partial charge in [-0.15, -0.1) is 21.6 Å². The third-order valence-corrected chi connectivity index (χ3v) is 7.17. The van der Waals surface area contributed by atoms with Crippen LogP contribution >= 0.6 is 11.3 Å². The lowest BCUT2D eigenvalue weighted by Gasteiger charge is -2.12. The van der Waals surface area contributed by atoms with E-state index in [2.05, 4.69) is 15.2 Å². The molecule has 0 spiro atoms. The lowest BCUT2D eigenvalue weighted by atomic mass is 9.97. The summed E-state index contributed by atoms with van der Waals surface area (Å²) in [6, 6.07) is 6.48. The average Bonchev–Trinajstić information content (AvgIpc) is 3.28. The first-order valence-electron chi connectivity index (χ1n) is 10.2. The normalized spacial score (nSPS) is 15.0. The molecule has 1 aliphatic carbocycles. The van der Waals surface area contributed by atoms with Gasteiger partial charge < -0.3 is 9.67 Å². The molecule has 0 radical (unpaired) electrons. The Labute approximate surface area is 181 Å². The maximum atomic E-state index is 13.2. The van der Waals surface area contributed by atoms with Gasteiger partial charge in [-0.3, -0.25) is 14.2 Å². The molecule has 4 aromatic rings. The molecule has 3 heterocycles. The summed E-state index contributed by atoms with van der Waals surface area (Å²) in [5.41, 5.74) is 1.88. The minimum Gasteiger partial charge on any atom is -0.493 e. The molecule has 1 atom stereocenters. The zero-order chi connectivity index (χ0) is 21.7. The van der Waals surface area contributed by atoms with E-state index in [1.54, 1.807) is 35.9 Å². The van der Waals surface area contributed by atoms with E-state index in [4.69, 9.17) is 0 Å². The van der Waals surface area contributed by atoms with Crippen LogP contribution in [0.25, 0.3) is 21.1 Å². The molecule has 0 aliphatic heterocycles. The number of benzene rings is 1. The van der Waals surface area contributed by atoms with Crippen LogP contribution in [-0.2, 0) is 24.7 Å². The molecule has 1 N–H and O–H groups in total. The highest BCUT2D eigenvalue weighted by Crippen LogP contribution is 2.38. The largest absolute Gasteiger partial charge is 0.493 e. The molecule has 0 saturated carbocycles. The number of amides is 1. The molecule has 1 aliphatic rings. The van der Waals surface area contributed by atoms with Crippen molar-refractivity contribution < 1.29 is 9.90 Å². The van der Waals surface area contributed by atoms with Crippen molar-refractivity contribution in [2.75, 3.05) is 0 Å². The second-order valence-corrected chi connectivity index (χ2v) is 8.89. The van der Waals surface area contributed by atoms with Crippen molar-refractivity contribution in [2.24, 2.45) is 17.3 Å². The maximum Gasteiger partial charge on any atom is 0.287 e. The number of hydrogen-bond donors (Lipinski definition) is 1. The molecule has 8 nitrogen and oxygen atoms in total. The molecule has 31 heavy (non-hydrogen) atoms. The van der Waals surface area contributed by atoms with E-state index in [0.717, 1.165) is 41.6 Å². The number of carbonyl (C=O) groups is 1. The average molecular weight is 436 g/mol. The minimum absolute atomic E-state index is 0.0736. The fraction of sp³-hybridized carbons (Fsp3) is 0.318. The monoisotopic (exact) mass is 435 g/mol. The molecular weight excluding hydrogens is 414 g/mol. The van der Waals surface area contributed by atoms with E-state index in [9.17, 15) is 14.7 Å². The van der Waals surface area contributed by atoms with Crippen LogP contribution in [0.4, 0.5) is 5.69 Å². The van der Waals surface area contributed by atoms with E-state index in [0.29, 0.717) is 10.8 Å². The van der Waals surface area contributed by atoms with Crippen molar-refractivity contribution in [3.05, 3.63) is 51.4 Å². The predicted octanol–water partition coefficient (Wildman–Crippen LogP) is 4.41. The Morgan fingerprint density at radius 3 is 2.87 bits per heavy atom. The molecule has 158 valence electrons. The molecule has 1 amide bonds. The van der Waals surface area contributed by atoms with Crippen molar-refractivity contribution in [3.8, 4) is 5.88 Å². The summed E-state index contributed by atoms with van der Waals surface area (Å²) in [5.74, 6) is -0.657. The van der Waals surface area contributed by atoms with Crippen molar-refractivity contribution in [1.82, 2.24) is 14.1 Å². The molecule has 9 heteroatoms. The molecule has 1 aromatic carbocycles. The first-order chi connectivity index (χ1) is 15.0. The van der Waals surface area contributed by atoms with Crippen LogP contribution in [0, 0.1) is 0 Å². The van der Waals surface area contributed by atoms with Gasteiger partial charge in [0, 0.05) is 17.3 Å². The lowest BCUT2D eigenvalue weighted by Crippen LogP contribution is -2.27. The number of aromatic hydroxyl groups is 1. The molecule has 0 bridgehead atoms. The zero-order valence-corrected chi connectivity index (χ0v) is 18.0. The van der Waals surface area contributed by atoms with Crippen molar-refractivity contribution >= 4 is 44.1 Å². The van der Waals surface area contributed by atoms with Crippen molar-refractivity contribution in [2.45, 2.75) is 38.6 Å². The number of azo groups is 1. The summed E-state index contributed by atoms with van der Waals surface area (Å²) >= 11 is 1.57. The van der Waals surface area contributed by atoms with Crippen LogP contribution < -0.4 is 5.56 Å². The van der Waals surface area contributed by atoms with Crippen molar-refractivity contribution in [3.63, 3.8) is 0 Å². The standard InChI is InChI=1S/C22H21N5O3S/c1-12(19(28)25-24-18-13-7-3-5-9-15(13)26(2)22(18)30)27-11-23-20-17(21(27)29)14-8-4-6-10-16(14)31-20/h3,5,7,9,11-12,30H,4,6,8,10H2,1-2H3/t12-/m1/s1. The van der Waals surface area contributed by atoms with E-state index in [-0.39, 0.29) is 17.1 Å². The summed E-state index contributed by atoms with van der Waals surface area (Å²) < 4.78 is 2.91. The number of aryl methyl sites for hydroxylation is 3. The Hall–Kier alpha value is -3.33. The quantitative estimate of drug-likeness (QED) is 0.482.